The Bertz CT molecular complexity index is 266. The molecule has 0 bridgehead atoms. The van der Waals surface area contributed by atoms with Crippen LogP contribution in [0.5, 0.6) is 0 Å². The summed E-state index contributed by atoms with van der Waals surface area (Å²) >= 11 is 0. The zero-order chi connectivity index (χ0) is 9.78. The molecule has 6 heteroatoms. The van der Waals surface area contributed by atoms with Crippen molar-refractivity contribution in [3.8, 4) is 0 Å². The Morgan fingerprint density at radius 1 is 1.58 bits per heavy atom. The smallest absolute Gasteiger partial charge is 0.267 e. The molecule has 0 fully saturated rings. The van der Waals surface area contributed by atoms with Crippen LogP contribution in [-0.2, 0) is 14.9 Å². The van der Waals surface area contributed by atoms with Gasteiger partial charge in [-0.1, -0.05) is 6.58 Å². The lowest BCUT2D eigenvalue weighted by Crippen LogP contribution is -2.22. The fourth-order valence-corrected chi connectivity index (χ4v) is 1.22. The summed E-state index contributed by atoms with van der Waals surface area (Å²) in [5, 5.41) is 8.88. The summed E-state index contributed by atoms with van der Waals surface area (Å²) in [6.07, 6.45) is -0.734. The van der Waals surface area contributed by atoms with Crippen LogP contribution in [0.4, 0.5) is 0 Å². The summed E-state index contributed by atoms with van der Waals surface area (Å²) in [5.41, 5.74) is 0. The third-order valence-corrected chi connectivity index (χ3v) is 1.87. The molecule has 0 amide bonds. The van der Waals surface area contributed by atoms with Crippen molar-refractivity contribution in [2.75, 3.05) is 5.75 Å². The van der Waals surface area contributed by atoms with Crippen LogP contribution in [0, 0.1) is 0 Å². The molecule has 2 N–H and O–H groups in total. The van der Waals surface area contributed by atoms with Crippen molar-refractivity contribution < 1.29 is 22.9 Å². The van der Waals surface area contributed by atoms with Crippen LogP contribution >= 0.6 is 0 Å². The van der Waals surface area contributed by atoms with Crippen LogP contribution in [0.15, 0.2) is 12.7 Å². The van der Waals surface area contributed by atoms with Crippen molar-refractivity contribution in [3.05, 3.63) is 12.7 Å². The predicted octanol–water partition coefficient (Wildman–Crippen LogP) is -0.620. The van der Waals surface area contributed by atoms with Gasteiger partial charge in [0.15, 0.2) is 5.78 Å². The molecular weight excluding hydrogens is 184 g/mol. The molecular formula is C6H10O5S. The van der Waals surface area contributed by atoms with Gasteiger partial charge in [-0.15, -0.1) is 0 Å². The van der Waals surface area contributed by atoms with Crippen molar-refractivity contribution in [3.63, 3.8) is 0 Å². The Labute approximate surface area is 70.5 Å². The topological polar surface area (TPSA) is 91.7 Å². The van der Waals surface area contributed by atoms with Crippen molar-refractivity contribution >= 4 is 15.9 Å². The molecule has 1 unspecified atom stereocenters. The summed E-state index contributed by atoms with van der Waals surface area (Å²) in [6.45, 7) is 3.14. The lowest BCUT2D eigenvalue weighted by molar-refractivity contribution is -0.116. The van der Waals surface area contributed by atoms with E-state index in [9.17, 15) is 13.2 Å². The average molecular weight is 194 g/mol. The zero-order valence-corrected chi connectivity index (χ0v) is 7.12. The number of rotatable bonds is 5. The molecule has 0 spiro atoms. The highest BCUT2D eigenvalue weighted by Crippen LogP contribution is 1.97. The third-order valence-electron chi connectivity index (χ3n) is 1.07. The minimum absolute atomic E-state index is 0.344. The highest BCUT2D eigenvalue weighted by Gasteiger charge is 2.15. The first-order chi connectivity index (χ1) is 5.35. The molecule has 0 aliphatic rings. The maximum Gasteiger partial charge on any atom is 0.267 e. The van der Waals surface area contributed by atoms with E-state index >= 15 is 0 Å². The van der Waals surface area contributed by atoms with Gasteiger partial charge in [0.05, 0.1) is 6.10 Å². The first-order valence-corrected chi connectivity index (χ1v) is 4.74. The second kappa shape index (κ2) is 4.34. The molecule has 5 nitrogen and oxygen atoms in total. The van der Waals surface area contributed by atoms with Crippen molar-refractivity contribution in [2.45, 2.75) is 12.5 Å². The van der Waals surface area contributed by atoms with Gasteiger partial charge in [0.2, 0.25) is 0 Å². The Kier molecular flexibility index (Phi) is 4.08. The molecule has 70 valence electrons. The molecule has 0 aromatic rings. The SMILES string of the molecule is C=CC(=O)CC(O)CS(=O)(=O)O. The molecule has 0 saturated carbocycles. The van der Waals surface area contributed by atoms with Gasteiger partial charge in [0.1, 0.15) is 5.75 Å². The number of hydrogen-bond acceptors (Lipinski definition) is 4. The van der Waals surface area contributed by atoms with E-state index in [1.807, 2.05) is 0 Å². The lowest BCUT2D eigenvalue weighted by Gasteiger charge is -2.04. The number of ketones is 1. The Balaban J connectivity index is 3.99. The van der Waals surface area contributed by atoms with E-state index in [0.29, 0.717) is 0 Å². The Hall–Kier alpha value is -0.720. The maximum absolute atomic E-state index is 10.6. The summed E-state index contributed by atoms with van der Waals surface area (Å²) in [4.78, 5) is 10.6. The van der Waals surface area contributed by atoms with Gasteiger partial charge < -0.3 is 5.11 Å². The van der Waals surface area contributed by atoms with Gasteiger partial charge in [-0.25, -0.2) is 0 Å². The number of aliphatic hydroxyl groups is 1. The minimum atomic E-state index is -4.21. The molecule has 1 atom stereocenters. The summed E-state index contributed by atoms with van der Waals surface area (Å²) in [7, 11) is -4.21. The number of aliphatic hydroxyl groups excluding tert-OH is 1. The van der Waals surface area contributed by atoms with Gasteiger partial charge in [0.25, 0.3) is 10.1 Å². The van der Waals surface area contributed by atoms with Gasteiger partial charge in [-0.3, -0.25) is 9.35 Å². The molecule has 0 aliphatic heterocycles. The quantitative estimate of drug-likeness (QED) is 0.449. The summed E-state index contributed by atoms with van der Waals surface area (Å²) in [5.74, 6) is -1.29. The van der Waals surface area contributed by atoms with Crippen molar-refractivity contribution in [1.29, 1.82) is 0 Å². The second-order valence-electron chi connectivity index (χ2n) is 2.28. The van der Waals surface area contributed by atoms with Gasteiger partial charge in [-0.2, -0.15) is 8.42 Å². The minimum Gasteiger partial charge on any atom is -0.392 e. The van der Waals surface area contributed by atoms with Crippen LogP contribution in [0.25, 0.3) is 0 Å². The first-order valence-electron chi connectivity index (χ1n) is 3.13. The summed E-state index contributed by atoms with van der Waals surface area (Å²) in [6, 6.07) is 0. The molecule has 12 heavy (non-hydrogen) atoms. The molecule has 0 radical (unpaired) electrons. The van der Waals surface area contributed by atoms with Crippen LogP contribution < -0.4 is 0 Å². The number of carbonyl (C=O) groups excluding carboxylic acids is 1. The predicted molar refractivity (Wildman–Crippen MR) is 42.2 cm³/mol. The first kappa shape index (κ1) is 11.3. The van der Waals surface area contributed by atoms with Crippen LogP contribution in [-0.4, -0.2) is 35.7 Å². The van der Waals surface area contributed by atoms with E-state index in [0.717, 1.165) is 6.08 Å². The Morgan fingerprint density at radius 3 is 2.42 bits per heavy atom. The fourth-order valence-electron chi connectivity index (χ4n) is 0.618. The van der Waals surface area contributed by atoms with Gasteiger partial charge in [-0.05, 0) is 6.08 Å². The molecule has 0 aromatic heterocycles. The van der Waals surface area contributed by atoms with Crippen LogP contribution in [0.1, 0.15) is 6.42 Å². The van der Waals surface area contributed by atoms with Crippen molar-refractivity contribution in [1.82, 2.24) is 0 Å². The summed E-state index contributed by atoms with van der Waals surface area (Å²) < 4.78 is 28.6. The maximum atomic E-state index is 10.6. The van der Waals surface area contributed by atoms with E-state index in [1.54, 1.807) is 0 Å². The highest BCUT2D eigenvalue weighted by atomic mass is 32.2. The third kappa shape index (κ3) is 6.02. The monoisotopic (exact) mass is 194 g/mol. The van der Waals surface area contributed by atoms with Gasteiger partial charge in [0, 0.05) is 6.42 Å². The highest BCUT2D eigenvalue weighted by molar-refractivity contribution is 7.85. The lowest BCUT2D eigenvalue weighted by atomic mass is 10.2. The van der Waals surface area contributed by atoms with Crippen LogP contribution in [0.2, 0.25) is 0 Å². The van der Waals surface area contributed by atoms with E-state index in [1.165, 1.54) is 0 Å². The zero-order valence-electron chi connectivity index (χ0n) is 6.30. The number of hydrogen-bond donors (Lipinski definition) is 2. The van der Waals surface area contributed by atoms with E-state index in [2.05, 4.69) is 6.58 Å². The fraction of sp³-hybridized carbons (Fsp3) is 0.500. The van der Waals surface area contributed by atoms with E-state index < -0.39 is 27.8 Å². The average Bonchev–Trinajstić information content (AvgIpc) is 1.82. The molecule has 0 heterocycles. The molecule has 0 rings (SSSR count). The second-order valence-corrected chi connectivity index (χ2v) is 3.77. The largest absolute Gasteiger partial charge is 0.392 e. The van der Waals surface area contributed by atoms with E-state index in [4.69, 9.17) is 9.66 Å². The standard InChI is InChI=1S/C6H10O5S/c1-2-5(7)3-6(8)4-12(9,10)11/h2,6,8H,1,3-4H2,(H,9,10,11). The molecule has 0 saturated heterocycles. The van der Waals surface area contributed by atoms with Crippen LogP contribution in [0.3, 0.4) is 0 Å². The normalized spacial score (nSPS) is 13.8. The molecule has 0 aliphatic carbocycles. The molecule has 0 aromatic carbocycles. The Morgan fingerprint density at radius 2 is 2.08 bits per heavy atom. The number of allylic oxidation sites excluding steroid dienone is 1. The van der Waals surface area contributed by atoms with Gasteiger partial charge >= 0.3 is 0 Å². The number of carbonyl (C=O) groups is 1. The van der Waals surface area contributed by atoms with Crippen molar-refractivity contribution in [2.24, 2.45) is 0 Å². The van der Waals surface area contributed by atoms with E-state index in [-0.39, 0.29) is 6.42 Å².